The van der Waals surface area contributed by atoms with Gasteiger partial charge >= 0.3 is 6.09 Å². The number of hydrogen-bond acceptors (Lipinski definition) is 8. The van der Waals surface area contributed by atoms with E-state index in [0.29, 0.717) is 31.7 Å². The molecule has 2 atom stereocenters. The number of nitro benzene ring substituents is 1. The zero-order valence-corrected chi connectivity index (χ0v) is 17.7. The molecule has 10 heteroatoms. The highest BCUT2D eigenvalue weighted by molar-refractivity contribution is 8.14. The Morgan fingerprint density at radius 3 is 2.59 bits per heavy atom. The molecule has 1 fully saturated rings. The molecule has 0 bridgehead atoms. The quantitative estimate of drug-likeness (QED) is 0.338. The maximum atomic E-state index is 12.6. The molecule has 1 aliphatic rings. The second-order valence-corrected chi connectivity index (χ2v) is 8.61. The predicted molar refractivity (Wildman–Crippen MR) is 110 cm³/mol. The minimum Gasteiger partial charge on any atom is -0.445 e. The van der Waals surface area contributed by atoms with Crippen molar-refractivity contribution in [1.29, 1.82) is 0 Å². The van der Waals surface area contributed by atoms with Gasteiger partial charge in [0.25, 0.3) is 5.69 Å². The van der Waals surface area contributed by atoms with Gasteiger partial charge in [-0.15, -0.1) is 0 Å². The van der Waals surface area contributed by atoms with E-state index in [1.54, 1.807) is 17.0 Å². The Morgan fingerprint density at radius 2 is 2.00 bits per heavy atom. The molecule has 1 heterocycles. The van der Waals surface area contributed by atoms with Crippen molar-refractivity contribution in [1.82, 2.24) is 9.80 Å². The number of thioether (sulfide) groups is 1. The molecule has 0 radical (unpaired) electrons. The molecule has 1 aromatic carbocycles. The van der Waals surface area contributed by atoms with Gasteiger partial charge < -0.3 is 19.3 Å². The number of hydrogen-bond donors (Lipinski definition) is 0. The van der Waals surface area contributed by atoms with E-state index in [4.69, 9.17) is 9.47 Å². The number of benzene rings is 1. The molecule has 160 valence electrons. The summed E-state index contributed by atoms with van der Waals surface area (Å²) >= 11 is 1.23. The van der Waals surface area contributed by atoms with Crippen LogP contribution in [-0.2, 0) is 20.9 Å². The smallest absolute Gasteiger partial charge is 0.410 e. The number of nitrogens with zero attached hydrogens (tertiary/aromatic N) is 3. The first-order valence-electron chi connectivity index (χ1n) is 9.32. The second-order valence-electron chi connectivity index (χ2n) is 7.13. The van der Waals surface area contributed by atoms with Gasteiger partial charge in [0.15, 0.2) is 5.12 Å². The zero-order valence-electron chi connectivity index (χ0n) is 16.9. The third-order valence-electron chi connectivity index (χ3n) is 4.45. The summed E-state index contributed by atoms with van der Waals surface area (Å²) < 4.78 is 11.1. The minimum atomic E-state index is -0.478. The van der Waals surface area contributed by atoms with Crippen LogP contribution in [0.2, 0.25) is 0 Å². The molecule has 1 saturated heterocycles. The summed E-state index contributed by atoms with van der Waals surface area (Å²) in [5.74, 6) is 0. The summed E-state index contributed by atoms with van der Waals surface area (Å²) in [5, 5.41) is 10.7. The van der Waals surface area contributed by atoms with Crippen molar-refractivity contribution in [3.05, 3.63) is 39.9 Å². The Balaban J connectivity index is 1.91. The lowest BCUT2D eigenvalue weighted by Crippen LogP contribution is -2.39. The average Bonchev–Trinajstić information content (AvgIpc) is 3.05. The number of carbonyl (C=O) groups is 2. The van der Waals surface area contributed by atoms with E-state index in [2.05, 4.69) is 0 Å². The number of non-ortho nitro benzene ring substituents is 1. The Kier molecular flexibility index (Phi) is 8.87. The van der Waals surface area contributed by atoms with Crippen molar-refractivity contribution >= 4 is 28.7 Å². The molecule has 1 aromatic rings. The van der Waals surface area contributed by atoms with Crippen molar-refractivity contribution < 1.29 is 24.0 Å². The second kappa shape index (κ2) is 11.1. The van der Waals surface area contributed by atoms with E-state index < -0.39 is 11.0 Å². The third kappa shape index (κ3) is 7.64. The van der Waals surface area contributed by atoms with Crippen molar-refractivity contribution in [2.45, 2.75) is 31.2 Å². The summed E-state index contributed by atoms with van der Waals surface area (Å²) in [5.41, 5.74) is 0.648. The maximum Gasteiger partial charge on any atom is 0.410 e. The first-order chi connectivity index (χ1) is 13.8. The van der Waals surface area contributed by atoms with Gasteiger partial charge in [-0.25, -0.2) is 4.79 Å². The Hall–Kier alpha value is -2.17. The standard InChI is InChI=1S/C19H27N3O6S/c1-14(23)29-18-10-17(13-27-9-8-20(2)3)21(11-18)19(24)28-12-15-4-6-16(7-5-15)22(25)26/h4-7,17-18H,8-13H2,1-3H3/t17-,18-/m0/s1. The average molecular weight is 426 g/mol. The van der Waals surface area contributed by atoms with Gasteiger partial charge in [-0.1, -0.05) is 11.8 Å². The van der Waals surface area contributed by atoms with Gasteiger partial charge in [-0.05, 0) is 38.2 Å². The van der Waals surface area contributed by atoms with E-state index in [1.807, 2.05) is 19.0 Å². The molecule has 1 amide bonds. The predicted octanol–water partition coefficient (Wildman–Crippen LogP) is 2.53. The summed E-state index contributed by atoms with van der Waals surface area (Å²) in [6.45, 7) is 3.68. The molecular formula is C19H27N3O6S. The fraction of sp³-hybridized carbons (Fsp3) is 0.579. The van der Waals surface area contributed by atoms with Gasteiger partial charge in [0.05, 0.1) is 24.2 Å². The number of ether oxygens (including phenoxy) is 2. The fourth-order valence-corrected chi connectivity index (χ4v) is 4.01. The number of likely N-dealkylation sites (N-methyl/N-ethyl adjacent to an activating group) is 1. The molecule has 9 nitrogen and oxygen atoms in total. The maximum absolute atomic E-state index is 12.6. The van der Waals surface area contributed by atoms with Crippen LogP contribution in [0.5, 0.6) is 0 Å². The van der Waals surface area contributed by atoms with E-state index in [0.717, 1.165) is 6.54 Å². The van der Waals surface area contributed by atoms with Crippen LogP contribution in [0, 0.1) is 10.1 Å². The van der Waals surface area contributed by atoms with Crippen LogP contribution in [0.25, 0.3) is 0 Å². The van der Waals surface area contributed by atoms with Crippen molar-refractivity contribution in [2.24, 2.45) is 0 Å². The van der Waals surface area contributed by atoms with Gasteiger partial charge in [0.1, 0.15) is 6.61 Å². The molecule has 0 unspecified atom stereocenters. The monoisotopic (exact) mass is 425 g/mol. The third-order valence-corrected chi connectivity index (χ3v) is 5.45. The van der Waals surface area contributed by atoms with Gasteiger partial charge in [-0.3, -0.25) is 14.9 Å². The molecular weight excluding hydrogens is 398 g/mol. The van der Waals surface area contributed by atoms with Crippen LogP contribution in [0.4, 0.5) is 10.5 Å². The minimum absolute atomic E-state index is 0.0151. The first kappa shape index (κ1) is 23.1. The van der Waals surface area contributed by atoms with E-state index in [1.165, 1.54) is 30.8 Å². The van der Waals surface area contributed by atoms with Gasteiger partial charge in [-0.2, -0.15) is 0 Å². The molecule has 0 aromatic heterocycles. The molecule has 0 aliphatic carbocycles. The van der Waals surface area contributed by atoms with Crippen LogP contribution in [0.1, 0.15) is 18.9 Å². The van der Waals surface area contributed by atoms with Crippen molar-refractivity contribution in [2.75, 3.05) is 40.4 Å². The molecule has 1 aliphatic heterocycles. The number of carbonyl (C=O) groups excluding carboxylic acids is 2. The first-order valence-corrected chi connectivity index (χ1v) is 10.2. The topological polar surface area (TPSA) is 102 Å². The zero-order chi connectivity index (χ0) is 21.4. The van der Waals surface area contributed by atoms with Gasteiger partial charge in [0.2, 0.25) is 0 Å². The highest BCUT2D eigenvalue weighted by atomic mass is 32.2. The van der Waals surface area contributed by atoms with Crippen LogP contribution in [-0.4, -0.2) is 77.6 Å². The SMILES string of the molecule is CC(=O)S[C@H]1C[C@@H](COCCN(C)C)N(C(=O)OCc2ccc([N+](=O)[O-])cc2)C1. The number of amides is 1. The number of nitro groups is 1. The Bertz CT molecular complexity index is 712. The molecule has 0 saturated carbocycles. The molecule has 2 rings (SSSR count). The van der Waals surface area contributed by atoms with E-state index in [9.17, 15) is 19.7 Å². The summed E-state index contributed by atoms with van der Waals surface area (Å²) in [7, 11) is 3.92. The number of rotatable bonds is 9. The van der Waals surface area contributed by atoms with Gasteiger partial charge in [0, 0.05) is 37.4 Å². The highest BCUT2D eigenvalue weighted by Crippen LogP contribution is 2.29. The summed E-state index contributed by atoms with van der Waals surface area (Å²) in [4.78, 5) is 37.9. The summed E-state index contributed by atoms with van der Waals surface area (Å²) in [6.07, 6.45) is 0.190. The number of likely N-dealkylation sites (tertiary alicyclic amines) is 1. The lowest BCUT2D eigenvalue weighted by Gasteiger charge is -2.24. The van der Waals surface area contributed by atoms with Crippen LogP contribution in [0.15, 0.2) is 24.3 Å². The largest absolute Gasteiger partial charge is 0.445 e. The fourth-order valence-electron chi connectivity index (χ4n) is 2.98. The summed E-state index contributed by atoms with van der Waals surface area (Å²) in [6, 6.07) is 5.72. The normalized spacial score (nSPS) is 18.8. The Labute approximate surface area is 174 Å². The van der Waals surface area contributed by atoms with Crippen LogP contribution >= 0.6 is 11.8 Å². The molecule has 29 heavy (non-hydrogen) atoms. The van der Waals surface area contributed by atoms with Crippen molar-refractivity contribution in [3.63, 3.8) is 0 Å². The van der Waals surface area contributed by atoms with Crippen molar-refractivity contribution in [3.8, 4) is 0 Å². The lowest BCUT2D eigenvalue weighted by molar-refractivity contribution is -0.384. The highest BCUT2D eigenvalue weighted by Gasteiger charge is 2.37. The Morgan fingerprint density at radius 1 is 1.31 bits per heavy atom. The van der Waals surface area contributed by atoms with E-state index in [-0.39, 0.29) is 28.7 Å². The van der Waals surface area contributed by atoms with Crippen LogP contribution < -0.4 is 0 Å². The lowest BCUT2D eigenvalue weighted by atomic mass is 10.2. The van der Waals surface area contributed by atoms with Crippen LogP contribution in [0.3, 0.4) is 0 Å². The molecule has 0 spiro atoms. The molecule has 0 N–H and O–H groups in total. The van der Waals surface area contributed by atoms with E-state index >= 15 is 0 Å².